The first-order valence-electron chi connectivity index (χ1n) is 6.56. The van der Waals surface area contributed by atoms with Gasteiger partial charge in [0.2, 0.25) is 0 Å². The molecule has 1 aromatic rings. The topological polar surface area (TPSA) is 50.9 Å². The van der Waals surface area contributed by atoms with Crippen molar-refractivity contribution in [2.45, 2.75) is 55.4 Å². The van der Waals surface area contributed by atoms with Crippen LogP contribution in [-0.4, -0.2) is 12.0 Å². The number of nitrogen functional groups attached to an aromatic ring is 1. The molecule has 3 heteroatoms. The zero-order valence-electron chi connectivity index (χ0n) is 13.1. The fourth-order valence-corrected chi connectivity index (χ4v) is 0.927. The first kappa shape index (κ1) is 21.1. The van der Waals surface area contributed by atoms with E-state index in [0.29, 0.717) is 5.69 Å². The standard InChI is InChI=1S/C8H13N3.3C2H6/c1-5-4-7(9)8(10-3)11-6(5)2;3*1-2/h4H,9H2,1-3H3,(H,10,11);3*1-2H3. The van der Waals surface area contributed by atoms with E-state index in [1.54, 1.807) is 0 Å². The summed E-state index contributed by atoms with van der Waals surface area (Å²) >= 11 is 0. The summed E-state index contributed by atoms with van der Waals surface area (Å²) in [5.74, 6) is 0.758. The molecule has 0 amide bonds. The minimum Gasteiger partial charge on any atom is -0.396 e. The van der Waals surface area contributed by atoms with Gasteiger partial charge in [-0.1, -0.05) is 41.5 Å². The molecule has 102 valence electrons. The van der Waals surface area contributed by atoms with Crippen molar-refractivity contribution < 1.29 is 0 Å². The highest BCUT2D eigenvalue weighted by Gasteiger charge is 2.00. The molecule has 0 aliphatic heterocycles. The summed E-state index contributed by atoms with van der Waals surface area (Å²) in [6.45, 7) is 16.0. The van der Waals surface area contributed by atoms with Crippen LogP contribution in [0.4, 0.5) is 11.5 Å². The van der Waals surface area contributed by atoms with Gasteiger partial charge in [-0.15, -0.1) is 0 Å². The second-order valence-electron chi connectivity index (χ2n) is 2.58. The number of aryl methyl sites for hydroxylation is 2. The van der Waals surface area contributed by atoms with Crippen molar-refractivity contribution in [2.75, 3.05) is 18.1 Å². The van der Waals surface area contributed by atoms with Gasteiger partial charge in [0, 0.05) is 12.7 Å². The molecule has 0 radical (unpaired) electrons. The van der Waals surface area contributed by atoms with E-state index < -0.39 is 0 Å². The van der Waals surface area contributed by atoms with Gasteiger partial charge < -0.3 is 11.1 Å². The number of pyridine rings is 1. The van der Waals surface area contributed by atoms with E-state index >= 15 is 0 Å². The molecule has 0 aliphatic carbocycles. The van der Waals surface area contributed by atoms with Gasteiger partial charge in [-0.05, 0) is 25.5 Å². The SMILES string of the molecule is CC.CC.CC.CNc1nc(C)c(C)cc1N. The van der Waals surface area contributed by atoms with E-state index in [9.17, 15) is 0 Å². The quantitative estimate of drug-likeness (QED) is 0.766. The maximum absolute atomic E-state index is 5.68. The van der Waals surface area contributed by atoms with Crippen molar-refractivity contribution in [2.24, 2.45) is 0 Å². The zero-order valence-corrected chi connectivity index (χ0v) is 13.1. The molecule has 1 rings (SSSR count). The van der Waals surface area contributed by atoms with Crippen molar-refractivity contribution in [3.63, 3.8) is 0 Å². The lowest BCUT2D eigenvalue weighted by Crippen LogP contribution is -2.01. The third-order valence-electron chi connectivity index (χ3n) is 1.73. The molecule has 0 aromatic carbocycles. The lowest BCUT2D eigenvalue weighted by atomic mass is 10.2. The van der Waals surface area contributed by atoms with Gasteiger partial charge in [0.15, 0.2) is 0 Å². The minimum atomic E-state index is 0.704. The van der Waals surface area contributed by atoms with E-state index in [1.165, 1.54) is 0 Å². The number of rotatable bonds is 1. The Labute approximate surface area is 108 Å². The predicted molar refractivity (Wildman–Crippen MR) is 81.7 cm³/mol. The van der Waals surface area contributed by atoms with Crippen LogP contribution in [0.2, 0.25) is 0 Å². The molecule has 0 saturated carbocycles. The summed E-state index contributed by atoms with van der Waals surface area (Å²) in [5.41, 5.74) is 8.52. The van der Waals surface area contributed by atoms with Crippen LogP contribution in [-0.2, 0) is 0 Å². The molecule has 0 unspecified atom stereocenters. The van der Waals surface area contributed by atoms with Crippen LogP contribution in [0.25, 0.3) is 0 Å². The van der Waals surface area contributed by atoms with Crippen LogP contribution in [0.15, 0.2) is 6.07 Å². The highest BCUT2D eigenvalue weighted by Crippen LogP contribution is 2.17. The third-order valence-corrected chi connectivity index (χ3v) is 1.73. The Kier molecular flexibility index (Phi) is 18.3. The fourth-order valence-electron chi connectivity index (χ4n) is 0.927. The number of nitrogens with zero attached hydrogens (tertiary/aromatic N) is 1. The van der Waals surface area contributed by atoms with Crippen LogP contribution < -0.4 is 11.1 Å². The molecule has 0 atom stereocenters. The average Bonchev–Trinajstić information content (AvgIpc) is 2.41. The number of nitrogens with two attached hydrogens (primary N) is 1. The van der Waals surface area contributed by atoms with Crippen LogP contribution in [0, 0.1) is 13.8 Å². The van der Waals surface area contributed by atoms with Crippen molar-refractivity contribution in [1.82, 2.24) is 4.98 Å². The monoisotopic (exact) mass is 241 g/mol. The molecule has 0 saturated heterocycles. The molecule has 3 N–H and O–H groups in total. The number of hydrogen-bond acceptors (Lipinski definition) is 3. The van der Waals surface area contributed by atoms with Gasteiger partial charge >= 0.3 is 0 Å². The van der Waals surface area contributed by atoms with Gasteiger partial charge in [-0.3, -0.25) is 0 Å². The van der Waals surface area contributed by atoms with Crippen LogP contribution in [0.1, 0.15) is 52.8 Å². The lowest BCUT2D eigenvalue weighted by molar-refractivity contribution is 1.15. The smallest absolute Gasteiger partial charge is 0.149 e. The number of aromatic nitrogens is 1. The predicted octanol–water partition coefficient (Wildman–Crippen LogP) is 4.40. The molecule has 1 aromatic heterocycles. The zero-order chi connectivity index (χ0) is 14.4. The molecule has 0 spiro atoms. The van der Waals surface area contributed by atoms with Crippen LogP contribution in [0.5, 0.6) is 0 Å². The third kappa shape index (κ3) is 8.55. The summed E-state index contributed by atoms with van der Waals surface area (Å²) in [4.78, 5) is 4.25. The Morgan fingerprint density at radius 3 is 1.76 bits per heavy atom. The van der Waals surface area contributed by atoms with Gasteiger partial charge in [0.1, 0.15) is 5.82 Å². The second kappa shape index (κ2) is 14.8. The van der Waals surface area contributed by atoms with Crippen molar-refractivity contribution in [3.8, 4) is 0 Å². The number of nitrogens with one attached hydrogen (secondary N) is 1. The van der Waals surface area contributed by atoms with Crippen LogP contribution >= 0.6 is 0 Å². The maximum Gasteiger partial charge on any atom is 0.149 e. The highest BCUT2D eigenvalue weighted by molar-refractivity contribution is 5.62. The lowest BCUT2D eigenvalue weighted by Gasteiger charge is -2.06. The molecular weight excluding hydrogens is 210 g/mol. The van der Waals surface area contributed by atoms with Gasteiger partial charge in [-0.2, -0.15) is 0 Å². The van der Waals surface area contributed by atoms with Crippen molar-refractivity contribution in [1.29, 1.82) is 0 Å². The molecule has 1 heterocycles. The van der Waals surface area contributed by atoms with E-state index in [4.69, 9.17) is 5.73 Å². The minimum absolute atomic E-state index is 0.704. The van der Waals surface area contributed by atoms with E-state index in [0.717, 1.165) is 17.1 Å². The Bertz CT molecular complexity index is 270. The second-order valence-corrected chi connectivity index (χ2v) is 2.58. The Morgan fingerprint density at radius 1 is 1.00 bits per heavy atom. The fraction of sp³-hybridized carbons (Fsp3) is 0.643. The van der Waals surface area contributed by atoms with Gasteiger partial charge in [-0.25, -0.2) is 4.98 Å². The number of hydrogen-bond donors (Lipinski definition) is 2. The molecule has 0 aliphatic rings. The van der Waals surface area contributed by atoms with E-state index in [2.05, 4.69) is 10.3 Å². The van der Waals surface area contributed by atoms with E-state index in [1.807, 2.05) is 68.5 Å². The Hall–Kier alpha value is -1.25. The summed E-state index contributed by atoms with van der Waals surface area (Å²) < 4.78 is 0. The first-order chi connectivity index (χ1) is 8.15. The molecular formula is C14H31N3. The van der Waals surface area contributed by atoms with Crippen LogP contribution in [0.3, 0.4) is 0 Å². The summed E-state index contributed by atoms with van der Waals surface area (Å²) in [6, 6.07) is 1.92. The summed E-state index contributed by atoms with van der Waals surface area (Å²) in [7, 11) is 1.81. The van der Waals surface area contributed by atoms with Gasteiger partial charge in [0.25, 0.3) is 0 Å². The van der Waals surface area contributed by atoms with Crippen molar-refractivity contribution in [3.05, 3.63) is 17.3 Å². The van der Waals surface area contributed by atoms with E-state index in [-0.39, 0.29) is 0 Å². The maximum atomic E-state index is 5.68. The summed E-state index contributed by atoms with van der Waals surface area (Å²) in [6.07, 6.45) is 0. The van der Waals surface area contributed by atoms with Gasteiger partial charge in [0.05, 0.1) is 5.69 Å². The first-order valence-corrected chi connectivity index (χ1v) is 6.56. The normalized spacial score (nSPS) is 7.35. The molecule has 0 bridgehead atoms. The van der Waals surface area contributed by atoms with Crippen molar-refractivity contribution >= 4 is 11.5 Å². The number of anilines is 2. The molecule has 0 fully saturated rings. The Morgan fingerprint density at radius 2 is 1.41 bits per heavy atom. The average molecular weight is 241 g/mol. The molecule has 17 heavy (non-hydrogen) atoms. The summed E-state index contributed by atoms with van der Waals surface area (Å²) in [5, 5.41) is 2.93. The molecule has 3 nitrogen and oxygen atoms in total. The Balaban J connectivity index is -0.000000285. The highest BCUT2D eigenvalue weighted by atomic mass is 15.0. The largest absolute Gasteiger partial charge is 0.396 e.